The van der Waals surface area contributed by atoms with Crippen LogP contribution in [-0.2, 0) is 16.0 Å². The molecule has 28 heavy (non-hydrogen) atoms. The van der Waals surface area contributed by atoms with Crippen molar-refractivity contribution in [3.8, 4) is 16.4 Å². The van der Waals surface area contributed by atoms with Crippen LogP contribution in [0.5, 0.6) is 0 Å². The van der Waals surface area contributed by atoms with Gasteiger partial charge in [0.05, 0.1) is 31.0 Å². The van der Waals surface area contributed by atoms with Crippen LogP contribution in [0.25, 0.3) is 16.4 Å². The molecule has 1 amide bonds. The molecule has 0 radical (unpaired) electrons. The summed E-state index contributed by atoms with van der Waals surface area (Å²) in [5.74, 6) is 0.120. The molecule has 146 valence electrons. The second kappa shape index (κ2) is 8.03. The van der Waals surface area contributed by atoms with E-state index in [9.17, 15) is 4.79 Å². The van der Waals surface area contributed by atoms with E-state index in [1.807, 2.05) is 53.1 Å². The highest BCUT2D eigenvalue weighted by Crippen LogP contribution is 2.27. The van der Waals surface area contributed by atoms with Crippen LogP contribution in [0, 0.1) is 13.8 Å². The Hall–Kier alpha value is -2.22. The van der Waals surface area contributed by atoms with Crippen LogP contribution in [0.4, 0.5) is 0 Å². The summed E-state index contributed by atoms with van der Waals surface area (Å²) in [6.45, 7) is 6.46. The Morgan fingerprint density at radius 1 is 1.21 bits per heavy atom. The van der Waals surface area contributed by atoms with E-state index in [2.05, 4.69) is 5.10 Å². The number of ether oxygens (including phenoxy) is 1. The largest absolute Gasteiger partial charge is 0.378 e. The molecule has 0 aliphatic carbocycles. The Balaban J connectivity index is 1.57. The topological polar surface area (TPSA) is 60.2 Å². The number of carbonyl (C=O) groups is 1. The van der Waals surface area contributed by atoms with Gasteiger partial charge in [0.25, 0.3) is 0 Å². The number of amides is 1. The molecule has 0 saturated carbocycles. The maximum atomic E-state index is 12.6. The maximum absolute atomic E-state index is 12.6. The fourth-order valence-corrected chi connectivity index (χ4v) is 4.27. The lowest BCUT2D eigenvalue weighted by atomic mass is 10.1. The number of thiazole rings is 1. The van der Waals surface area contributed by atoms with Gasteiger partial charge in [0, 0.05) is 40.3 Å². The smallest absolute Gasteiger partial charge is 0.227 e. The van der Waals surface area contributed by atoms with E-state index < -0.39 is 0 Å². The first-order chi connectivity index (χ1) is 13.5. The standard InChI is InChI=1S/C20H21ClN4O2S/c1-13-17(11-19(26)24-7-9-27-10-8-24)14(2)25(23-13)20-22-18(12-28-20)15-3-5-16(21)6-4-15/h3-6,12H,7-11H2,1-2H3. The van der Waals surface area contributed by atoms with Gasteiger partial charge in [-0.3, -0.25) is 4.79 Å². The number of rotatable bonds is 4. The number of halogens is 1. The first-order valence-electron chi connectivity index (χ1n) is 9.15. The molecule has 1 aromatic carbocycles. The molecule has 4 rings (SSSR count). The molecule has 3 heterocycles. The fourth-order valence-electron chi connectivity index (χ4n) is 3.31. The monoisotopic (exact) mass is 416 g/mol. The van der Waals surface area contributed by atoms with Crippen molar-refractivity contribution in [2.45, 2.75) is 20.3 Å². The van der Waals surface area contributed by atoms with E-state index in [1.165, 1.54) is 11.3 Å². The van der Waals surface area contributed by atoms with Crippen LogP contribution >= 0.6 is 22.9 Å². The highest BCUT2D eigenvalue weighted by Gasteiger charge is 2.22. The second-order valence-electron chi connectivity index (χ2n) is 6.75. The molecule has 1 aliphatic heterocycles. The summed E-state index contributed by atoms with van der Waals surface area (Å²) in [5.41, 5.74) is 4.68. The minimum Gasteiger partial charge on any atom is -0.378 e. The van der Waals surface area contributed by atoms with Gasteiger partial charge in [-0.2, -0.15) is 5.10 Å². The lowest BCUT2D eigenvalue weighted by Gasteiger charge is -2.26. The molecule has 3 aromatic rings. The maximum Gasteiger partial charge on any atom is 0.227 e. The van der Waals surface area contributed by atoms with Gasteiger partial charge in [-0.05, 0) is 26.0 Å². The summed E-state index contributed by atoms with van der Waals surface area (Å²) in [7, 11) is 0. The van der Waals surface area contributed by atoms with Crippen LogP contribution in [0.1, 0.15) is 17.0 Å². The van der Waals surface area contributed by atoms with Gasteiger partial charge in [-0.15, -0.1) is 11.3 Å². The fraction of sp³-hybridized carbons (Fsp3) is 0.350. The molecule has 0 atom stereocenters. The summed E-state index contributed by atoms with van der Waals surface area (Å²) in [6.07, 6.45) is 0.354. The number of benzene rings is 1. The number of nitrogens with zero attached hydrogens (tertiary/aromatic N) is 4. The van der Waals surface area contributed by atoms with Crippen LogP contribution in [0.3, 0.4) is 0 Å². The summed E-state index contributed by atoms with van der Waals surface area (Å²) >= 11 is 7.50. The van der Waals surface area contributed by atoms with E-state index in [-0.39, 0.29) is 5.91 Å². The molecule has 6 nitrogen and oxygen atoms in total. The van der Waals surface area contributed by atoms with Gasteiger partial charge < -0.3 is 9.64 Å². The summed E-state index contributed by atoms with van der Waals surface area (Å²) in [5, 5.41) is 8.14. The predicted octanol–water partition coefficient (Wildman–Crippen LogP) is 3.67. The normalized spacial score (nSPS) is 14.5. The van der Waals surface area contributed by atoms with Crippen molar-refractivity contribution in [2.24, 2.45) is 0 Å². The summed E-state index contributed by atoms with van der Waals surface area (Å²) in [4.78, 5) is 19.2. The molecule has 1 saturated heterocycles. The van der Waals surface area contributed by atoms with Gasteiger partial charge in [-0.25, -0.2) is 9.67 Å². The van der Waals surface area contributed by atoms with Crippen molar-refractivity contribution >= 4 is 28.8 Å². The van der Waals surface area contributed by atoms with E-state index in [0.717, 1.165) is 33.3 Å². The quantitative estimate of drug-likeness (QED) is 0.651. The number of aromatic nitrogens is 3. The van der Waals surface area contributed by atoms with Crippen LogP contribution < -0.4 is 0 Å². The third-order valence-electron chi connectivity index (χ3n) is 4.95. The molecule has 8 heteroatoms. The minimum atomic E-state index is 0.120. The highest BCUT2D eigenvalue weighted by atomic mass is 35.5. The Kier molecular flexibility index (Phi) is 5.48. The SMILES string of the molecule is Cc1nn(-c2nc(-c3ccc(Cl)cc3)cs2)c(C)c1CC(=O)N1CCOCC1. The average molecular weight is 417 g/mol. The molecule has 0 N–H and O–H groups in total. The molecule has 2 aromatic heterocycles. The van der Waals surface area contributed by atoms with Gasteiger partial charge in [0.1, 0.15) is 0 Å². The molecule has 1 aliphatic rings. The number of hydrogen-bond acceptors (Lipinski definition) is 5. The van der Waals surface area contributed by atoms with Crippen molar-refractivity contribution < 1.29 is 9.53 Å². The Morgan fingerprint density at radius 3 is 2.64 bits per heavy atom. The molecule has 0 unspecified atom stereocenters. The van der Waals surface area contributed by atoms with Crippen molar-refractivity contribution in [2.75, 3.05) is 26.3 Å². The number of carbonyl (C=O) groups excluding carboxylic acids is 1. The zero-order valence-electron chi connectivity index (χ0n) is 15.8. The van der Waals surface area contributed by atoms with Crippen LogP contribution in [0.2, 0.25) is 5.02 Å². The number of aryl methyl sites for hydroxylation is 1. The van der Waals surface area contributed by atoms with E-state index in [1.54, 1.807) is 0 Å². The Morgan fingerprint density at radius 2 is 1.93 bits per heavy atom. The van der Waals surface area contributed by atoms with Gasteiger partial charge >= 0.3 is 0 Å². The lowest BCUT2D eigenvalue weighted by molar-refractivity contribution is -0.134. The van der Waals surface area contributed by atoms with Crippen molar-refractivity contribution in [3.05, 3.63) is 51.6 Å². The van der Waals surface area contributed by atoms with Crippen molar-refractivity contribution in [1.29, 1.82) is 0 Å². The highest BCUT2D eigenvalue weighted by molar-refractivity contribution is 7.12. The van der Waals surface area contributed by atoms with E-state index in [4.69, 9.17) is 21.3 Å². The lowest BCUT2D eigenvalue weighted by Crippen LogP contribution is -2.41. The zero-order chi connectivity index (χ0) is 19.7. The van der Waals surface area contributed by atoms with Gasteiger partial charge in [-0.1, -0.05) is 23.7 Å². The van der Waals surface area contributed by atoms with Crippen LogP contribution in [-0.4, -0.2) is 51.9 Å². The molecule has 1 fully saturated rings. The first-order valence-corrected chi connectivity index (χ1v) is 10.4. The number of hydrogen-bond donors (Lipinski definition) is 0. The van der Waals surface area contributed by atoms with Crippen LogP contribution in [0.15, 0.2) is 29.6 Å². The zero-order valence-corrected chi connectivity index (χ0v) is 17.4. The third kappa shape index (κ3) is 3.83. The Bertz CT molecular complexity index is 990. The Labute approximate surface area is 172 Å². The molecular weight excluding hydrogens is 396 g/mol. The first kappa shape index (κ1) is 19.1. The molecular formula is C20H21ClN4O2S. The molecule has 0 spiro atoms. The third-order valence-corrected chi connectivity index (χ3v) is 6.01. The second-order valence-corrected chi connectivity index (χ2v) is 8.03. The van der Waals surface area contributed by atoms with Gasteiger partial charge in [0.15, 0.2) is 0 Å². The van der Waals surface area contributed by atoms with E-state index >= 15 is 0 Å². The summed E-state index contributed by atoms with van der Waals surface area (Å²) < 4.78 is 7.16. The van der Waals surface area contributed by atoms with E-state index in [0.29, 0.717) is 37.7 Å². The number of morpholine rings is 1. The average Bonchev–Trinajstić information content (AvgIpc) is 3.30. The summed E-state index contributed by atoms with van der Waals surface area (Å²) in [6, 6.07) is 7.62. The predicted molar refractivity (Wildman–Crippen MR) is 110 cm³/mol. The van der Waals surface area contributed by atoms with Crippen molar-refractivity contribution in [1.82, 2.24) is 19.7 Å². The van der Waals surface area contributed by atoms with Gasteiger partial charge in [0.2, 0.25) is 11.0 Å². The minimum absolute atomic E-state index is 0.120. The van der Waals surface area contributed by atoms with Crippen molar-refractivity contribution in [3.63, 3.8) is 0 Å². The molecule has 0 bridgehead atoms.